The van der Waals surface area contributed by atoms with Crippen molar-refractivity contribution in [1.29, 1.82) is 0 Å². The van der Waals surface area contributed by atoms with Crippen LogP contribution in [0.15, 0.2) is 18.3 Å². The van der Waals surface area contributed by atoms with Crippen LogP contribution in [0.5, 0.6) is 0 Å². The summed E-state index contributed by atoms with van der Waals surface area (Å²) in [4.78, 5) is 16.1. The largest absolute Gasteiger partial charge is 0.384 e. The summed E-state index contributed by atoms with van der Waals surface area (Å²) in [6.45, 7) is -0.179. The van der Waals surface area contributed by atoms with E-state index < -0.39 is 0 Å². The van der Waals surface area contributed by atoms with Crippen LogP contribution < -0.4 is 5.32 Å². The molecule has 0 spiro atoms. The van der Waals surface area contributed by atoms with E-state index in [2.05, 4.69) is 22.1 Å². The first-order valence-corrected chi connectivity index (χ1v) is 7.39. The third-order valence-electron chi connectivity index (χ3n) is 2.80. The van der Waals surface area contributed by atoms with Gasteiger partial charge in [-0.1, -0.05) is 11.8 Å². The maximum absolute atomic E-state index is 12.0. The van der Waals surface area contributed by atoms with Gasteiger partial charge in [0, 0.05) is 23.6 Å². The van der Waals surface area contributed by atoms with Crippen molar-refractivity contribution in [3.8, 4) is 11.8 Å². The van der Waals surface area contributed by atoms with Crippen LogP contribution in [0.1, 0.15) is 28.9 Å². The average Bonchev–Trinajstić information content (AvgIpc) is 2.46. The molecule has 1 aliphatic rings. The van der Waals surface area contributed by atoms with Crippen LogP contribution in [0.25, 0.3) is 0 Å². The molecule has 0 aliphatic carbocycles. The molecular formula is C14H16N2O2S. The molecule has 100 valence electrons. The van der Waals surface area contributed by atoms with Gasteiger partial charge in [0.1, 0.15) is 12.3 Å². The SMILES string of the molecule is O=C(NC1CCCSC1)c1ccc(C#CCO)cn1. The second-order valence-electron chi connectivity index (χ2n) is 4.28. The zero-order chi connectivity index (χ0) is 13.5. The van der Waals surface area contributed by atoms with E-state index in [9.17, 15) is 4.79 Å². The molecule has 0 radical (unpaired) electrons. The lowest BCUT2D eigenvalue weighted by Crippen LogP contribution is -2.38. The molecule has 1 atom stereocenters. The van der Waals surface area contributed by atoms with Crippen LogP contribution in [-0.2, 0) is 0 Å². The van der Waals surface area contributed by atoms with Crippen LogP contribution in [0.2, 0.25) is 0 Å². The lowest BCUT2D eigenvalue weighted by atomic mass is 10.2. The van der Waals surface area contributed by atoms with Gasteiger partial charge in [-0.2, -0.15) is 11.8 Å². The molecule has 2 rings (SSSR count). The summed E-state index contributed by atoms with van der Waals surface area (Å²) in [5.74, 6) is 7.32. The molecule has 0 aromatic carbocycles. The molecule has 0 saturated carbocycles. The molecule has 2 N–H and O–H groups in total. The average molecular weight is 276 g/mol. The van der Waals surface area contributed by atoms with Crippen LogP contribution in [0, 0.1) is 11.8 Å². The Morgan fingerprint density at radius 1 is 1.58 bits per heavy atom. The van der Waals surface area contributed by atoms with E-state index >= 15 is 0 Å². The van der Waals surface area contributed by atoms with Crippen molar-refractivity contribution in [3.05, 3.63) is 29.6 Å². The van der Waals surface area contributed by atoms with Crippen molar-refractivity contribution >= 4 is 17.7 Å². The van der Waals surface area contributed by atoms with Gasteiger partial charge in [0.05, 0.1) is 0 Å². The maximum Gasteiger partial charge on any atom is 0.270 e. The summed E-state index contributed by atoms with van der Waals surface area (Å²) >= 11 is 1.87. The molecule has 2 heterocycles. The second kappa shape index (κ2) is 7.17. The molecule has 1 aromatic rings. The standard InChI is InChI=1S/C14H16N2O2S/c17-7-1-3-11-5-6-13(15-9-11)14(18)16-12-4-2-8-19-10-12/h5-6,9,12,17H,2,4,7-8,10H2,(H,16,18). The highest BCUT2D eigenvalue weighted by molar-refractivity contribution is 7.99. The number of carbonyl (C=O) groups is 1. The fourth-order valence-electron chi connectivity index (χ4n) is 1.86. The lowest BCUT2D eigenvalue weighted by molar-refractivity contribution is 0.0933. The number of aliphatic hydroxyl groups excluding tert-OH is 1. The Kier molecular flexibility index (Phi) is 5.25. The number of pyridine rings is 1. The predicted octanol–water partition coefficient (Wildman–Crippen LogP) is 1.05. The third-order valence-corrected chi connectivity index (χ3v) is 4.02. The van der Waals surface area contributed by atoms with E-state index in [1.807, 2.05) is 11.8 Å². The van der Waals surface area contributed by atoms with E-state index in [1.54, 1.807) is 18.3 Å². The van der Waals surface area contributed by atoms with Gasteiger partial charge >= 0.3 is 0 Å². The normalized spacial score (nSPS) is 18.3. The van der Waals surface area contributed by atoms with Gasteiger partial charge in [-0.3, -0.25) is 4.79 Å². The molecule has 1 saturated heterocycles. The molecule has 1 unspecified atom stereocenters. The van der Waals surface area contributed by atoms with E-state index in [0.717, 1.165) is 18.6 Å². The van der Waals surface area contributed by atoms with Crippen molar-refractivity contribution in [3.63, 3.8) is 0 Å². The van der Waals surface area contributed by atoms with Crippen molar-refractivity contribution in [2.45, 2.75) is 18.9 Å². The number of rotatable bonds is 2. The Hall–Kier alpha value is -1.51. The first kappa shape index (κ1) is 13.9. The predicted molar refractivity (Wildman–Crippen MR) is 76.0 cm³/mol. The number of nitrogens with one attached hydrogen (secondary N) is 1. The summed E-state index contributed by atoms with van der Waals surface area (Å²) in [6.07, 6.45) is 3.74. The number of hydrogen-bond donors (Lipinski definition) is 2. The van der Waals surface area contributed by atoms with Crippen LogP contribution in [0.4, 0.5) is 0 Å². The van der Waals surface area contributed by atoms with Gasteiger partial charge in [-0.05, 0) is 30.7 Å². The Bertz CT molecular complexity index is 484. The summed E-state index contributed by atoms with van der Waals surface area (Å²) in [5, 5.41) is 11.6. The first-order valence-electron chi connectivity index (χ1n) is 6.24. The van der Waals surface area contributed by atoms with E-state index in [-0.39, 0.29) is 18.6 Å². The van der Waals surface area contributed by atoms with Gasteiger partial charge < -0.3 is 10.4 Å². The number of hydrogen-bond acceptors (Lipinski definition) is 4. The van der Waals surface area contributed by atoms with Crippen molar-refractivity contribution in [2.75, 3.05) is 18.1 Å². The quantitative estimate of drug-likeness (QED) is 0.793. The fourth-order valence-corrected chi connectivity index (χ4v) is 2.93. The molecule has 19 heavy (non-hydrogen) atoms. The van der Waals surface area contributed by atoms with Gasteiger partial charge in [-0.15, -0.1) is 0 Å². The molecule has 5 heteroatoms. The van der Waals surface area contributed by atoms with Crippen LogP contribution >= 0.6 is 11.8 Å². The Balaban J connectivity index is 1.95. The van der Waals surface area contributed by atoms with Gasteiger partial charge in [0.15, 0.2) is 0 Å². The summed E-state index contributed by atoms with van der Waals surface area (Å²) in [7, 11) is 0. The molecule has 1 fully saturated rings. The minimum Gasteiger partial charge on any atom is -0.384 e. The van der Waals surface area contributed by atoms with Gasteiger partial charge in [-0.25, -0.2) is 4.98 Å². The zero-order valence-corrected chi connectivity index (χ0v) is 11.4. The second-order valence-corrected chi connectivity index (χ2v) is 5.43. The van der Waals surface area contributed by atoms with Crippen LogP contribution in [-0.4, -0.2) is 40.2 Å². The molecule has 1 amide bonds. The van der Waals surface area contributed by atoms with E-state index in [4.69, 9.17) is 5.11 Å². The number of nitrogens with zero attached hydrogens (tertiary/aromatic N) is 1. The number of carbonyl (C=O) groups excluding carboxylic acids is 1. The fraction of sp³-hybridized carbons (Fsp3) is 0.429. The Morgan fingerprint density at radius 3 is 3.11 bits per heavy atom. The zero-order valence-electron chi connectivity index (χ0n) is 10.6. The lowest BCUT2D eigenvalue weighted by Gasteiger charge is -2.22. The van der Waals surface area contributed by atoms with Crippen molar-refractivity contribution in [2.24, 2.45) is 0 Å². The first-order chi connectivity index (χ1) is 9.29. The number of thioether (sulfide) groups is 1. The number of aliphatic hydroxyl groups is 1. The Morgan fingerprint density at radius 2 is 2.47 bits per heavy atom. The smallest absolute Gasteiger partial charge is 0.270 e. The molecule has 4 nitrogen and oxygen atoms in total. The monoisotopic (exact) mass is 276 g/mol. The topological polar surface area (TPSA) is 62.2 Å². The summed E-state index contributed by atoms with van der Waals surface area (Å²) in [5.41, 5.74) is 1.10. The van der Waals surface area contributed by atoms with Crippen molar-refractivity contribution in [1.82, 2.24) is 10.3 Å². The van der Waals surface area contributed by atoms with Crippen molar-refractivity contribution < 1.29 is 9.90 Å². The van der Waals surface area contributed by atoms with E-state index in [0.29, 0.717) is 11.3 Å². The Labute approximate surface area is 117 Å². The third kappa shape index (κ3) is 4.27. The highest BCUT2D eigenvalue weighted by Gasteiger charge is 2.17. The summed E-state index contributed by atoms with van der Waals surface area (Å²) < 4.78 is 0. The number of aromatic nitrogens is 1. The highest BCUT2D eigenvalue weighted by atomic mass is 32.2. The maximum atomic E-state index is 12.0. The molecule has 0 bridgehead atoms. The van der Waals surface area contributed by atoms with Gasteiger partial charge in [0.25, 0.3) is 5.91 Å². The molecule has 1 aromatic heterocycles. The number of amides is 1. The minimum atomic E-state index is -0.179. The minimum absolute atomic E-state index is 0.130. The molecule has 1 aliphatic heterocycles. The highest BCUT2D eigenvalue weighted by Crippen LogP contribution is 2.17. The van der Waals surface area contributed by atoms with Crippen LogP contribution in [0.3, 0.4) is 0 Å². The summed E-state index contributed by atoms with van der Waals surface area (Å²) in [6, 6.07) is 3.65. The van der Waals surface area contributed by atoms with Gasteiger partial charge in [0.2, 0.25) is 0 Å². The molecular weight excluding hydrogens is 260 g/mol. The van der Waals surface area contributed by atoms with E-state index in [1.165, 1.54) is 5.75 Å².